The molecule has 1 heterocycles. The molecule has 0 bridgehead atoms. The number of hydrogen-bond acceptors (Lipinski definition) is 3. The summed E-state index contributed by atoms with van der Waals surface area (Å²) in [5.74, 6) is -0.213. The van der Waals surface area contributed by atoms with E-state index in [1.807, 2.05) is 48.9 Å². The molecule has 0 amide bonds. The van der Waals surface area contributed by atoms with Gasteiger partial charge in [0.25, 0.3) is 0 Å². The normalized spacial score (nSPS) is 30.4. The smallest absolute Gasteiger partial charge is 0.148 e. The third-order valence-corrected chi connectivity index (χ3v) is 6.47. The molecule has 130 valence electrons. The Kier molecular flexibility index (Phi) is 3.50. The fraction of sp³-hybridized carbons (Fsp3) is 0.476. The minimum Gasteiger partial charge on any atom is -0.303 e. The molecule has 4 rings (SSSR count). The highest BCUT2D eigenvalue weighted by molar-refractivity contribution is 5.98. The second-order valence-electron chi connectivity index (χ2n) is 8.32. The van der Waals surface area contributed by atoms with Crippen LogP contribution >= 0.6 is 0 Å². The Labute approximate surface area is 148 Å². The Balaban J connectivity index is 1.83. The maximum Gasteiger partial charge on any atom is 0.148 e. The van der Waals surface area contributed by atoms with E-state index in [1.165, 1.54) is 5.56 Å². The number of aryl methyl sites for hydroxylation is 1. The first-order valence-electron chi connectivity index (χ1n) is 9.02. The highest BCUT2D eigenvalue weighted by Crippen LogP contribution is 2.56. The van der Waals surface area contributed by atoms with Crippen LogP contribution in [0.4, 0.5) is 0 Å². The van der Waals surface area contributed by atoms with E-state index in [0.717, 1.165) is 30.5 Å². The maximum atomic E-state index is 12.8. The van der Waals surface area contributed by atoms with E-state index in [0.29, 0.717) is 6.42 Å². The zero-order valence-electron chi connectivity index (χ0n) is 15.0. The van der Waals surface area contributed by atoms with Crippen LogP contribution in [0.5, 0.6) is 0 Å². The zero-order valence-corrected chi connectivity index (χ0v) is 15.0. The zero-order chi connectivity index (χ0) is 17.8. The molecule has 2 aliphatic rings. The number of para-hydroxylation sites is 1. The Morgan fingerprint density at radius 1 is 1.20 bits per heavy atom. The van der Waals surface area contributed by atoms with E-state index in [4.69, 9.17) is 5.10 Å². The number of aromatic nitrogens is 2. The van der Waals surface area contributed by atoms with Gasteiger partial charge in [-0.15, -0.1) is 0 Å². The summed E-state index contributed by atoms with van der Waals surface area (Å²) in [7, 11) is 0. The van der Waals surface area contributed by atoms with Gasteiger partial charge in [-0.2, -0.15) is 5.10 Å². The van der Waals surface area contributed by atoms with Gasteiger partial charge in [0.2, 0.25) is 0 Å². The quantitative estimate of drug-likeness (QED) is 0.623. The summed E-state index contributed by atoms with van der Waals surface area (Å²) in [6.45, 7) is 6.21. The molecule has 1 aromatic carbocycles. The monoisotopic (exact) mass is 336 g/mol. The molecular formula is C21H24N2O2. The topological polar surface area (TPSA) is 52.0 Å². The van der Waals surface area contributed by atoms with Crippen LogP contribution in [-0.4, -0.2) is 21.8 Å². The van der Waals surface area contributed by atoms with Crippen molar-refractivity contribution in [2.24, 2.45) is 17.3 Å². The largest absolute Gasteiger partial charge is 0.303 e. The van der Waals surface area contributed by atoms with Crippen LogP contribution in [0.25, 0.3) is 5.69 Å². The molecule has 0 saturated heterocycles. The fourth-order valence-corrected chi connectivity index (χ4v) is 5.28. The van der Waals surface area contributed by atoms with E-state index in [2.05, 4.69) is 13.1 Å². The molecular weight excluding hydrogens is 312 g/mol. The summed E-state index contributed by atoms with van der Waals surface area (Å²) < 4.78 is 1.94. The lowest BCUT2D eigenvalue weighted by atomic mass is 9.49. The van der Waals surface area contributed by atoms with E-state index in [1.54, 1.807) is 0 Å². The highest BCUT2D eigenvalue weighted by Gasteiger charge is 2.58. The van der Waals surface area contributed by atoms with Crippen molar-refractivity contribution < 1.29 is 9.59 Å². The molecule has 1 aromatic heterocycles. The van der Waals surface area contributed by atoms with Crippen molar-refractivity contribution in [1.29, 1.82) is 0 Å². The number of hydrogen-bond donors (Lipinski definition) is 0. The first-order valence-corrected chi connectivity index (χ1v) is 9.02. The van der Waals surface area contributed by atoms with Crippen molar-refractivity contribution in [2.45, 2.75) is 45.4 Å². The van der Waals surface area contributed by atoms with E-state index in [-0.39, 0.29) is 17.1 Å². The SMILES string of the molecule is CC1(C)C(=O)C(C=O)C[C@]2(C)c3nn(-c4ccccc4)cc3CC[C@@H]12. The summed E-state index contributed by atoms with van der Waals surface area (Å²) in [5.41, 5.74) is 2.62. The molecule has 1 unspecified atom stereocenters. The van der Waals surface area contributed by atoms with E-state index in [9.17, 15) is 9.59 Å². The van der Waals surface area contributed by atoms with Crippen LogP contribution in [0.2, 0.25) is 0 Å². The molecule has 0 N–H and O–H groups in total. The van der Waals surface area contributed by atoms with Crippen molar-refractivity contribution in [3.8, 4) is 5.69 Å². The molecule has 0 aliphatic heterocycles. The lowest BCUT2D eigenvalue weighted by Gasteiger charge is -2.53. The number of aldehydes is 1. The Hall–Kier alpha value is -2.23. The van der Waals surface area contributed by atoms with Crippen molar-refractivity contribution in [2.75, 3.05) is 0 Å². The molecule has 0 spiro atoms. The molecule has 25 heavy (non-hydrogen) atoms. The summed E-state index contributed by atoms with van der Waals surface area (Å²) in [6, 6.07) is 10.1. The Bertz CT molecular complexity index is 837. The van der Waals surface area contributed by atoms with Gasteiger partial charge in [0, 0.05) is 17.0 Å². The summed E-state index contributed by atoms with van der Waals surface area (Å²) in [5, 5.41) is 4.93. The molecule has 2 aliphatic carbocycles. The second-order valence-corrected chi connectivity index (χ2v) is 8.32. The van der Waals surface area contributed by atoms with Crippen LogP contribution in [0, 0.1) is 17.3 Å². The minimum absolute atomic E-state index is 0.0934. The summed E-state index contributed by atoms with van der Waals surface area (Å²) in [6.07, 6.45) is 5.43. The van der Waals surface area contributed by atoms with Gasteiger partial charge in [-0.25, -0.2) is 4.68 Å². The van der Waals surface area contributed by atoms with Gasteiger partial charge < -0.3 is 4.79 Å². The van der Waals surface area contributed by atoms with Gasteiger partial charge in [-0.3, -0.25) is 4.79 Å². The van der Waals surface area contributed by atoms with Gasteiger partial charge >= 0.3 is 0 Å². The summed E-state index contributed by atoms with van der Waals surface area (Å²) >= 11 is 0. The maximum absolute atomic E-state index is 12.8. The van der Waals surface area contributed by atoms with Gasteiger partial charge in [-0.1, -0.05) is 39.0 Å². The number of ketones is 1. The van der Waals surface area contributed by atoms with Crippen molar-refractivity contribution in [3.05, 3.63) is 47.8 Å². The van der Waals surface area contributed by atoms with Crippen molar-refractivity contribution in [1.82, 2.24) is 9.78 Å². The van der Waals surface area contributed by atoms with Gasteiger partial charge in [0.1, 0.15) is 12.1 Å². The molecule has 0 radical (unpaired) electrons. The number of carbonyl (C=O) groups is 2. The lowest BCUT2D eigenvalue weighted by molar-refractivity contribution is -0.145. The summed E-state index contributed by atoms with van der Waals surface area (Å²) in [4.78, 5) is 24.3. The molecule has 4 heteroatoms. The van der Waals surface area contributed by atoms with Crippen LogP contribution in [0.1, 0.15) is 44.9 Å². The van der Waals surface area contributed by atoms with E-state index < -0.39 is 11.3 Å². The van der Waals surface area contributed by atoms with Crippen LogP contribution in [0.15, 0.2) is 36.5 Å². The van der Waals surface area contributed by atoms with Crippen LogP contribution < -0.4 is 0 Å². The number of rotatable bonds is 2. The third-order valence-electron chi connectivity index (χ3n) is 6.47. The predicted molar refractivity (Wildman–Crippen MR) is 95.7 cm³/mol. The first-order chi connectivity index (χ1) is 11.9. The Morgan fingerprint density at radius 3 is 2.60 bits per heavy atom. The molecule has 4 nitrogen and oxygen atoms in total. The van der Waals surface area contributed by atoms with Crippen molar-refractivity contribution >= 4 is 12.1 Å². The third kappa shape index (κ3) is 2.23. The minimum atomic E-state index is -0.524. The number of fused-ring (bicyclic) bond motifs is 3. The van der Waals surface area contributed by atoms with Gasteiger partial charge in [0.15, 0.2) is 0 Å². The van der Waals surface area contributed by atoms with Gasteiger partial charge in [-0.05, 0) is 42.9 Å². The predicted octanol–water partition coefficient (Wildman–Crippen LogP) is 3.51. The average Bonchev–Trinajstić information content (AvgIpc) is 3.05. The number of nitrogens with zero attached hydrogens (tertiary/aromatic N) is 2. The second kappa shape index (κ2) is 5.38. The average molecular weight is 336 g/mol. The van der Waals surface area contributed by atoms with E-state index >= 15 is 0 Å². The highest BCUT2D eigenvalue weighted by atomic mass is 16.1. The van der Waals surface area contributed by atoms with Crippen molar-refractivity contribution in [3.63, 3.8) is 0 Å². The standard InChI is InChI=1S/C21H24N2O2/c1-20(2)17-10-9-14-12-23(16-7-5-4-6-8-16)22-18(14)21(17,3)11-15(13-24)19(20)25/h4-8,12-13,15,17H,9-11H2,1-3H3/t15?,17-,21-/m0/s1. The number of benzene rings is 1. The fourth-order valence-electron chi connectivity index (χ4n) is 5.28. The van der Waals surface area contributed by atoms with Crippen LogP contribution in [-0.2, 0) is 21.4 Å². The van der Waals surface area contributed by atoms with Gasteiger partial charge in [0.05, 0.1) is 17.3 Å². The number of carbonyl (C=O) groups excluding carboxylic acids is 2. The lowest BCUT2D eigenvalue weighted by Crippen LogP contribution is -2.56. The first kappa shape index (κ1) is 16.2. The Morgan fingerprint density at radius 2 is 1.92 bits per heavy atom. The molecule has 1 fully saturated rings. The number of Topliss-reactive ketones (excluding diaryl/α,β-unsaturated/α-hetero) is 1. The molecule has 1 saturated carbocycles. The molecule has 2 aromatic rings. The molecule has 3 atom stereocenters. The van der Waals surface area contributed by atoms with Crippen LogP contribution in [0.3, 0.4) is 0 Å².